The van der Waals surface area contributed by atoms with Crippen molar-refractivity contribution in [3.05, 3.63) is 64.2 Å². The van der Waals surface area contributed by atoms with E-state index in [0.717, 1.165) is 5.56 Å². The van der Waals surface area contributed by atoms with E-state index in [4.69, 9.17) is 28.8 Å². The van der Waals surface area contributed by atoms with Crippen LogP contribution >= 0.6 is 11.6 Å². The third-order valence-electron chi connectivity index (χ3n) is 4.98. The number of aliphatic imine (C=N–C) groups is 1. The number of halogens is 1. The number of nitrogens with zero attached hydrogens (tertiary/aromatic N) is 3. The summed E-state index contributed by atoms with van der Waals surface area (Å²) in [5, 5.41) is 19.6. The van der Waals surface area contributed by atoms with Crippen LogP contribution in [0.3, 0.4) is 0 Å². The maximum Gasteiger partial charge on any atom is 0.326 e. The van der Waals surface area contributed by atoms with Crippen molar-refractivity contribution in [3.8, 4) is 0 Å². The summed E-state index contributed by atoms with van der Waals surface area (Å²) in [5.41, 5.74) is 18.6. The van der Waals surface area contributed by atoms with Gasteiger partial charge in [-0.1, -0.05) is 35.9 Å². The lowest BCUT2D eigenvalue weighted by Gasteiger charge is -2.18. The lowest BCUT2D eigenvalue weighted by Crippen LogP contribution is -2.49. The minimum atomic E-state index is -1.19. The topological polar surface area (TPSA) is 199 Å². The Bertz CT molecular complexity index is 1130. The molecular formula is C23H28ClN7O4. The molecule has 0 radical (unpaired) electrons. The standard InChI is InChI=1S/C23H28ClN7O4/c1-13-5-2-3-6-18(13)30-31-20(32)15-9-8-14(11-16(15)24)12-17(25)21(33)29-19(22(34)35)7-4-10-28-23(26)27/h2-3,5-6,8-9,11,17,19H,4,7,10,12,25H2,1H3,(H,29,33)(H,34,35)(H4,26,27,28)/t17-,19-/m0/s1. The van der Waals surface area contributed by atoms with Gasteiger partial charge in [0.15, 0.2) is 5.96 Å². The Morgan fingerprint density at radius 3 is 2.49 bits per heavy atom. The van der Waals surface area contributed by atoms with Gasteiger partial charge in [0.1, 0.15) is 6.04 Å². The van der Waals surface area contributed by atoms with Crippen molar-refractivity contribution in [2.24, 2.45) is 32.4 Å². The molecule has 0 aliphatic carbocycles. The van der Waals surface area contributed by atoms with Crippen LogP contribution < -0.4 is 22.5 Å². The number of amides is 2. The Morgan fingerprint density at radius 2 is 1.86 bits per heavy atom. The lowest BCUT2D eigenvalue weighted by molar-refractivity contribution is -0.142. The van der Waals surface area contributed by atoms with Gasteiger partial charge >= 0.3 is 5.97 Å². The predicted molar refractivity (Wildman–Crippen MR) is 133 cm³/mol. The highest BCUT2D eigenvalue weighted by atomic mass is 35.5. The van der Waals surface area contributed by atoms with E-state index >= 15 is 0 Å². The van der Waals surface area contributed by atoms with E-state index in [1.165, 1.54) is 12.1 Å². The second-order valence-electron chi connectivity index (χ2n) is 7.76. The molecule has 0 aliphatic heterocycles. The van der Waals surface area contributed by atoms with Gasteiger partial charge in [-0.25, -0.2) is 4.79 Å². The monoisotopic (exact) mass is 501 g/mol. The average molecular weight is 502 g/mol. The summed E-state index contributed by atoms with van der Waals surface area (Å²) in [6, 6.07) is 9.65. The Hall–Kier alpha value is -3.83. The van der Waals surface area contributed by atoms with Crippen molar-refractivity contribution in [2.45, 2.75) is 38.3 Å². The molecule has 8 N–H and O–H groups in total. The summed E-state index contributed by atoms with van der Waals surface area (Å²) in [7, 11) is 0. The number of carboxylic acid groups (broad SMARTS) is 1. The molecule has 186 valence electrons. The molecule has 0 bridgehead atoms. The van der Waals surface area contributed by atoms with Crippen molar-refractivity contribution in [3.63, 3.8) is 0 Å². The highest BCUT2D eigenvalue weighted by Gasteiger charge is 2.23. The van der Waals surface area contributed by atoms with Crippen LogP contribution in [0, 0.1) is 6.92 Å². The number of aliphatic carboxylic acids is 1. The second-order valence-corrected chi connectivity index (χ2v) is 8.17. The zero-order valence-electron chi connectivity index (χ0n) is 19.1. The fourth-order valence-electron chi connectivity index (χ4n) is 3.07. The van der Waals surface area contributed by atoms with Crippen LogP contribution in [0.1, 0.15) is 34.3 Å². The Kier molecular flexibility index (Phi) is 10.3. The van der Waals surface area contributed by atoms with Crippen LogP contribution in [0.5, 0.6) is 0 Å². The molecule has 0 saturated heterocycles. The van der Waals surface area contributed by atoms with Gasteiger partial charge in [0.05, 0.1) is 22.3 Å². The maximum absolute atomic E-state index is 12.4. The fraction of sp³-hybridized carbons (Fsp3) is 0.304. The number of azo groups is 1. The summed E-state index contributed by atoms with van der Waals surface area (Å²) < 4.78 is 0. The Labute approximate surface area is 207 Å². The lowest BCUT2D eigenvalue weighted by atomic mass is 10.0. The number of nitrogens with one attached hydrogen (secondary N) is 1. The molecule has 0 spiro atoms. The van der Waals surface area contributed by atoms with Gasteiger partial charge in [-0.15, -0.1) is 10.2 Å². The third-order valence-corrected chi connectivity index (χ3v) is 5.29. The first-order chi connectivity index (χ1) is 16.6. The molecule has 2 aromatic carbocycles. The zero-order chi connectivity index (χ0) is 26.0. The summed E-state index contributed by atoms with van der Waals surface area (Å²) in [6.45, 7) is 2.09. The van der Waals surface area contributed by atoms with Crippen LogP contribution in [-0.4, -0.2) is 47.5 Å². The van der Waals surface area contributed by atoms with Crippen LogP contribution in [0.15, 0.2) is 57.7 Å². The number of rotatable bonds is 11. The number of aryl methyl sites for hydroxylation is 1. The highest BCUT2D eigenvalue weighted by Crippen LogP contribution is 2.22. The number of guanidine groups is 1. The van der Waals surface area contributed by atoms with E-state index in [2.05, 4.69) is 20.5 Å². The van der Waals surface area contributed by atoms with Crippen molar-refractivity contribution in [2.75, 3.05) is 6.54 Å². The van der Waals surface area contributed by atoms with Gasteiger partial charge in [0.2, 0.25) is 5.91 Å². The van der Waals surface area contributed by atoms with E-state index in [1.807, 2.05) is 19.1 Å². The smallest absolute Gasteiger partial charge is 0.326 e. The molecule has 0 unspecified atom stereocenters. The van der Waals surface area contributed by atoms with E-state index in [0.29, 0.717) is 17.7 Å². The second kappa shape index (κ2) is 13.2. The summed E-state index contributed by atoms with van der Waals surface area (Å²) in [5.74, 6) is -2.54. The molecule has 12 heteroatoms. The van der Waals surface area contributed by atoms with Crippen LogP contribution in [0.4, 0.5) is 5.69 Å². The number of carbonyl (C=O) groups excluding carboxylic acids is 2. The molecule has 2 aromatic rings. The largest absolute Gasteiger partial charge is 0.480 e. The third kappa shape index (κ3) is 8.80. The van der Waals surface area contributed by atoms with Gasteiger partial charge in [0, 0.05) is 6.54 Å². The zero-order valence-corrected chi connectivity index (χ0v) is 19.9. The molecule has 0 heterocycles. The molecule has 0 saturated carbocycles. The summed E-state index contributed by atoms with van der Waals surface area (Å²) in [4.78, 5) is 40.1. The van der Waals surface area contributed by atoms with Crippen LogP contribution in [-0.2, 0) is 16.0 Å². The number of carbonyl (C=O) groups is 3. The Balaban J connectivity index is 1.98. The maximum atomic E-state index is 12.4. The van der Waals surface area contributed by atoms with Gasteiger partial charge in [-0.2, -0.15) is 0 Å². The molecule has 0 aromatic heterocycles. The van der Waals surface area contributed by atoms with E-state index in [-0.39, 0.29) is 35.9 Å². The van der Waals surface area contributed by atoms with Gasteiger partial charge in [0.25, 0.3) is 5.91 Å². The molecule has 0 aliphatic rings. The normalized spacial score (nSPS) is 12.7. The number of hydrogen-bond acceptors (Lipinski definition) is 6. The van der Waals surface area contributed by atoms with Crippen molar-refractivity contribution in [1.82, 2.24) is 5.32 Å². The molecule has 35 heavy (non-hydrogen) atoms. The van der Waals surface area contributed by atoms with Crippen molar-refractivity contribution in [1.29, 1.82) is 0 Å². The molecule has 11 nitrogen and oxygen atoms in total. The first kappa shape index (κ1) is 27.4. The first-order valence-corrected chi connectivity index (χ1v) is 11.1. The minimum Gasteiger partial charge on any atom is -0.480 e. The van der Waals surface area contributed by atoms with Gasteiger partial charge in [-0.05, 0) is 55.5 Å². The van der Waals surface area contributed by atoms with Crippen molar-refractivity contribution >= 4 is 41.0 Å². The van der Waals surface area contributed by atoms with Crippen molar-refractivity contribution < 1.29 is 19.5 Å². The summed E-state index contributed by atoms with van der Waals surface area (Å²) >= 11 is 6.25. The quantitative estimate of drug-likeness (QED) is 0.134. The van der Waals surface area contributed by atoms with E-state index < -0.39 is 29.9 Å². The number of carboxylic acids is 1. The number of hydrogen-bond donors (Lipinski definition) is 5. The molecule has 0 fully saturated rings. The van der Waals surface area contributed by atoms with Crippen LogP contribution in [0.2, 0.25) is 5.02 Å². The van der Waals surface area contributed by atoms with Gasteiger partial charge in [-0.3, -0.25) is 14.6 Å². The highest BCUT2D eigenvalue weighted by molar-refractivity contribution is 6.34. The predicted octanol–water partition coefficient (Wildman–Crippen LogP) is 2.07. The molecule has 2 amide bonds. The van der Waals surface area contributed by atoms with E-state index in [9.17, 15) is 19.5 Å². The molecule has 2 atom stereocenters. The Morgan fingerprint density at radius 1 is 1.14 bits per heavy atom. The average Bonchev–Trinajstić information content (AvgIpc) is 2.79. The van der Waals surface area contributed by atoms with Gasteiger partial charge < -0.3 is 27.6 Å². The number of benzene rings is 2. The first-order valence-electron chi connectivity index (χ1n) is 10.7. The molecule has 2 rings (SSSR count). The van der Waals surface area contributed by atoms with E-state index in [1.54, 1.807) is 18.2 Å². The number of nitrogens with two attached hydrogens (primary N) is 3. The molecular weight excluding hydrogens is 474 g/mol. The minimum absolute atomic E-state index is 0.0745. The summed E-state index contributed by atoms with van der Waals surface area (Å²) in [6.07, 6.45) is 0.562. The van der Waals surface area contributed by atoms with Crippen LogP contribution in [0.25, 0.3) is 0 Å². The fourth-order valence-corrected chi connectivity index (χ4v) is 3.36. The SMILES string of the molecule is Cc1ccccc1N=NC(=O)c1ccc(C[C@H](N)C(=O)N[C@@H](CCCN=C(N)N)C(=O)O)cc1Cl.